The molecule has 0 amide bonds. The maximum Gasteiger partial charge on any atom is 0.185 e. The fraction of sp³-hybridized carbons (Fsp3) is 0.467. The minimum Gasteiger partial charge on any atom is -0.377 e. The van der Waals surface area contributed by atoms with Gasteiger partial charge in [0.1, 0.15) is 0 Å². The normalized spacial score (nSPS) is 27.5. The summed E-state index contributed by atoms with van der Waals surface area (Å²) >= 11 is 0. The van der Waals surface area contributed by atoms with E-state index in [0.29, 0.717) is 4.90 Å². The lowest BCUT2D eigenvalue weighted by molar-refractivity contribution is 0.310. The molecule has 0 aliphatic carbocycles. The quantitative estimate of drug-likeness (QED) is 0.792. The van der Waals surface area contributed by atoms with Crippen LogP contribution in [0.5, 0.6) is 0 Å². The van der Waals surface area contributed by atoms with E-state index in [2.05, 4.69) is 11.1 Å². The Hall–Kier alpha value is -1.29. The number of hydrogen-bond donors (Lipinski definition) is 0. The van der Waals surface area contributed by atoms with Crippen LogP contribution in [-0.2, 0) is 9.84 Å². The van der Waals surface area contributed by atoms with Crippen molar-refractivity contribution in [2.24, 2.45) is 0 Å². The van der Waals surface area contributed by atoms with E-state index in [1.807, 2.05) is 12.1 Å². The van der Waals surface area contributed by atoms with Gasteiger partial charge in [0.2, 0.25) is 0 Å². The molecule has 102 valence electrons. The Bertz CT molecular complexity index is 613. The standard InChI is InChI=1S/C15H19NO2S/c1-12-14(11-16-9-5-2-6-10-16)13-7-3-4-8-15(13)19(12,17)18/h3-4,7-8,11-12H,2,5-6,9-10H2,1H3/b14-11-. The third kappa shape index (κ3) is 2.08. The van der Waals surface area contributed by atoms with Crippen LogP contribution in [0, 0.1) is 0 Å². The number of hydrogen-bond acceptors (Lipinski definition) is 3. The molecule has 1 atom stereocenters. The molecule has 3 nitrogen and oxygen atoms in total. The topological polar surface area (TPSA) is 37.4 Å². The molecule has 1 fully saturated rings. The second kappa shape index (κ2) is 4.67. The fourth-order valence-electron chi connectivity index (χ4n) is 2.95. The van der Waals surface area contributed by atoms with Gasteiger partial charge in [-0.15, -0.1) is 0 Å². The lowest BCUT2D eigenvalue weighted by Gasteiger charge is -2.26. The molecule has 1 aromatic rings. The molecule has 2 heterocycles. The van der Waals surface area contributed by atoms with Crippen LogP contribution in [0.1, 0.15) is 31.7 Å². The summed E-state index contributed by atoms with van der Waals surface area (Å²) in [5.41, 5.74) is 1.85. The van der Waals surface area contributed by atoms with Gasteiger partial charge in [0.05, 0.1) is 10.1 Å². The first-order chi connectivity index (χ1) is 9.10. The third-order valence-electron chi connectivity index (χ3n) is 4.12. The summed E-state index contributed by atoms with van der Waals surface area (Å²) in [6, 6.07) is 7.35. The van der Waals surface area contributed by atoms with Crippen molar-refractivity contribution in [1.82, 2.24) is 4.90 Å². The average molecular weight is 277 g/mol. The lowest BCUT2D eigenvalue weighted by atomic mass is 10.0. The minimum absolute atomic E-state index is 0.424. The second-order valence-electron chi connectivity index (χ2n) is 5.36. The van der Waals surface area contributed by atoms with Gasteiger partial charge in [0.25, 0.3) is 0 Å². The zero-order valence-corrected chi connectivity index (χ0v) is 12.0. The molecule has 4 heteroatoms. The van der Waals surface area contributed by atoms with Gasteiger partial charge in [0, 0.05) is 19.3 Å². The van der Waals surface area contributed by atoms with Gasteiger partial charge in [-0.25, -0.2) is 8.42 Å². The molecule has 0 bridgehead atoms. The smallest absolute Gasteiger partial charge is 0.185 e. The molecule has 1 aromatic carbocycles. The van der Waals surface area contributed by atoms with Crippen LogP contribution in [-0.4, -0.2) is 31.7 Å². The monoisotopic (exact) mass is 277 g/mol. The summed E-state index contributed by atoms with van der Waals surface area (Å²) in [7, 11) is -3.18. The summed E-state index contributed by atoms with van der Waals surface area (Å²) in [5, 5.41) is -0.424. The maximum absolute atomic E-state index is 12.4. The Balaban J connectivity index is 2.05. The fourth-order valence-corrected chi connectivity index (χ4v) is 4.61. The molecular weight excluding hydrogens is 258 g/mol. The summed E-state index contributed by atoms with van der Waals surface area (Å²) in [6.45, 7) is 3.88. The highest BCUT2D eigenvalue weighted by Gasteiger charge is 2.37. The predicted molar refractivity (Wildman–Crippen MR) is 76.5 cm³/mol. The summed E-state index contributed by atoms with van der Waals surface area (Å²) in [4.78, 5) is 2.76. The molecule has 3 rings (SSSR count). The van der Waals surface area contributed by atoms with Crippen molar-refractivity contribution in [2.45, 2.75) is 36.3 Å². The first-order valence-electron chi connectivity index (χ1n) is 6.90. The predicted octanol–water partition coefficient (Wildman–Crippen LogP) is 2.69. The minimum atomic E-state index is -3.18. The highest BCUT2D eigenvalue weighted by atomic mass is 32.2. The SMILES string of the molecule is CC1/C(=C/N2CCCCC2)c2ccccc2S1(=O)=O. The zero-order chi connectivity index (χ0) is 13.5. The van der Waals surface area contributed by atoms with Gasteiger partial charge in [-0.3, -0.25) is 0 Å². The number of rotatable bonds is 1. The molecule has 0 spiro atoms. The molecule has 2 aliphatic heterocycles. The van der Waals surface area contributed by atoms with Crippen molar-refractivity contribution in [3.05, 3.63) is 36.0 Å². The summed E-state index contributed by atoms with van der Waals surface area (Å²) in [6.07, 6.45) is 5.76. The van der Waals surface area contributed by atoms with E-state index in [-0.39, 0.29) is 0 Å². The highest BCUT2D eigenvalue weighted by molar-refractivity contribution is 7.93. The molecule has 0 N–H and O–H groups in total. The second-order valence-corrected chi connectivity index (χ2v) is 7.60. The van der Waals surface area contributed by atoms with Gasteiger partial charge in [-0.2, -0.15) is 0 Å². The van der Waals surface area contributed by atoms with Crippen LogP contribution in [0.4, 0.5) is 0 Å². The number of benzene rings is 1. The van der Waals surface area contributed by atoms with Crippen LogP contribution < -0.4 is 0 Å². The Morgan fingerprint density at radius 3 is 2.58 bits per heavy atom. The average Bonchev–Trinajstić information content (AvgIpc) is 2.62. The van der Waals surface area contributed by atoms with Gasteiger partial charge >= 0.3 is 0 Å². The van der Waals surface area contributed by atoms with Crippen LogP contribution in [0.25, 0.3) is 5.57 Å². The molecule has 1 saturated heterocycles. The van der Waals surface area contributed by atoms with Crippen LogP contribution in [0.2, 0.25) is 0 Å². The zero-order valence-electron chi connectivity index (χ0n) is 11.2. The van der Waals surface area contributed by atoms with E-state index < -0.39 is 15.1 Å². The van der Waals surface area contributed by atoms with E-state index in [1.54, 1.807) is 19.1 Å². The molecule has 19 heavy (non-hydrogen) atoms. The van der Waals surface area contributed by atoms with Crippen LogP contribution in [0.3, 0.4) is 0 Å². The number of nitrogens with zero attached hydrogens (tertiary/aromatic N) is 1. The number of piperidine rings is 1. The van der Waals surface area contributed by atoms with Crippen molar-refractivity contribution in [3.8, 4) is 0 Å². The molecule has 0 aromatic heterocycles. The van der Waals surface area contributed by atoms with E-state index in [1.165, 1.54) is 19.3 Å². The Labute approximate surface area is 114 Å². The van der Waals surface area contributed by atoms with E-state index in [9.17, 15) is 8.42 Å². The van der Waals surface area contributed by atoms with Crippen LogP contribution >= 0.6 is 0 Å². The summed E-state index contributed by atoms with van der Waals surface area (Å²) < 4.78 is 24.8. The van der Waals surface area contributed by atoms with Crippen molar-refractivity contribution in [1.29, 1.82) is 0 Å². The largest absolute Gasteiger partial charge is 0.377 e. The Morgan fingerprint density at radius 2 is 1.84 bits per heavy atom. The Kier molecular flexibility index (Phi) is 3.13. The van der Waals surface area contributed by atoms with E-state index in [0.717, 1.165) is 24.2 Å². The van der Waals surface area contributed by atoms with E-state index in [4.69, 9.17) is 0 Å². The van der Waals surface area contributed by atoms with Crippen LogP contribution in [0.15, 0.2) is 35.4 Å². The highest BCUT2D eigenvalue weighted by Crippen LogP contribution is 2.39. The first-order valence-corrected chi connectivity index (χ1v) is 8.44. The van der Waals surface area contributed by atoms with Crippen molar-refractivity contribution in [3.63, 3.8) is 0 Å². The summed E-state index contributed by atoms with van der Waals surface area (Å²) in [5.74, 6) is 0. The number of fused-ring (bicyclic) bond motifs is 1. The first kappa shape index (κ1) is 12.7. The molecule has 2 aliphatic rings. The van der Waals surface area contributed by atoms with Gasteiger partial charge < -0.3 is 4.90 Å². The van der Waals surface area contributed by atoms with Crippen molar-refractivity contribution < 1.29 is 8.42 Å². The van der Waals surface area contributed by atoms with Gasteiger partial charge in [-0.1, -0.05) is 18.2 Å². The van der Waals surface area contributed by atoms with E-state index >= 15 is 0 Å². The molecule has 1 unspecified atom stereocenters. The Morgan fingerprint density at radius 1 is 1.16 bits per heavy atom. The molecular formula is C15H19NO2S. The molecule has 0 radical (unpaired) electrons. The van der Waals surface area contributed by atoms with Gasteiger partial charge in [-0.05, 0) is 43.4 Å². The third-order valence-corrected chi connectivity index (χ3v) is 6.27. The molecule has 0 saturated carbocycles. The number of sulfone groups is 1. The van der Waals surface area contributed by atoms with Crippen molar-refractivity contribution in [2.75, 3.05) is 13.1 Å². The number of likely N-dealkylation sites (tertiary alicyclic amines) is 1. The van der Waals surface area contributed by atoms with Gasteiger partial charge in [0.15, 0.2) is 9.84 Å². The maximum atomic E-state index is 12.4. The lowest BCUT2D eigenvalue weighted by Crippen LogP contribution is -2.25. The van der Waals surface area contributed by atoms with Crippen molar-refractivity contribution >= 4 is 15.4 Å².